The molecule has 1 heterocycles. The number of aryl methyl sites for hydroxylation is 1. The summed E-state index contributed by atoms with van der Waals surface area (Å²) < 4.78 is 5.64. The van der Waals surface area contributed by atoms with E-state index in [4.69, 9.17) is 4.74 Å². The minimum atomic E-state index is -0.118. The van der Waals surface area contributed by atoms with E-state index in [1.54, 1.807) is 11.0 Å². The molecule has 2 aromatic rings. The fourth-order valence-electron chi connectivity index (χ4n) is 3.54. The van der Waals surface area contributed by atoms with Gasteiger partial charge in [-0.05, 0) is 43.5 Å². The minimum Gasteiger partial charge on any atom is -0.489 e. The van der Waals surface area contributed by atoms with Crippen LogP contribution < -0.4 is 15.4 Å². The number of anilines is 1. The van der Waals surface area contributed by atoms with Crippen LogP contribution in [-0.4, -0.2) is 36.5 Å². The quantitative estimate of drug-likeness (QED) is 0.678. The molecule has 2 N–H and O–H groups in total. The van der Waals surface area contributed by atoms with E-state index in [9.17, 15) is 9.59 Å². The third kappa shape index (κ3) is 5.86. The number of nitrogens with zero attached hydrogens (tertiary/aromatic N) is 1. The standard InChI is InChI=1S/C24H29N3O3/c1-3-15-30-22-10-5-4-8-20(22)17-25-23(28)19-11-13-27(14-12-19)24(29)26-21-9-6-7-18(2)16-21/h3-10,16,19H,1,11-15,17H2,2H3,(H,25,28)(H,26,29). The van der Waals surface area contributed by atoms with Crippen LogP contribution in [0.5, 0.6) is 5.75 Å². The number of urea groups is 1. The van der Waals surface area contributed by atoms with E-state index in [0.29, 0.717) is 39.1 Å². The molecular weight excluding hydrogens is 378 g/mol. The van der Waals surface area contributed by atoms with Crippen molar-refractivity contribution in [3.05, 3.63) is 72.3 Å². The summed E-state index contributed by atoms with van der Waals surface area (Å²) in [4.78, 5) is 26.9. The van der Waals surface area contributed by atoms with Crippen molar-refractivity contribution in [1.29, 1.82) is 0 Å². The summed E-state index contributed by atoms with van der Waals surface area (Å²) in [6, 6.07) is 15.3. The Hall–Kier alpha value is -3.28. The molecule has 6 nitrogen and oxygen atoms in total. The van der Waals surface area contributed by atoms with Gasteiger partial charge in [0.25, 0.3) is 0 Å². The first-order chi connectivity index (χ1) is 14.6. The van der Waals surface area contributed by atoms with Crippen LogP contribution in [0.4, 0.5) is 10.5 Å². The fourth-order valence-corrected chi connectivity index (χ4v) is 3.54. The Morgan fingerprint density at radius 1 is 1.17 bits per heavy atom. The lowest BCUT2D eigenvalue weighted by Crippen LogP contribution is -2.44. The Kier molecular flexibility index (Phi) is 7.49. The van der Waals surface area contributed by atoms with Gasteiger partial charge in [0.05, 0.1) is 0 Å². The maximum absolute atomic E-state index is 12.6. The van der Waals surface area contributed by atoms with Crippen LogP contribution in [-0.2, 0) is 11.3 Å². The van der Waals surface area contributed by atoms with Gasteiger partial charge in [-0.25, -0.2) is 4.79 Å². The van der Waals surface area contributed by atoms with Crippen molar-refractivity contribution in [3.8, 4) is 5.75 Å². The number of benzene rings is 2. The van der Waals surface area contributed by atoms with Gasteiger partial charge in [-0.15, -0.1) is 0 Å². The van der Waals surface area contributed by atoms with Crippen LogP contribution in [0.15, 0.2) is 61.2 Å². The number of likely N-dealkylation sites (tertiary alicyclic amines) is 1. The van der Waals surface area contributed by atoms with Crippen LogP contribution in [0, 0.1) is 12.8 Å². The number of carbonyl (C=O) groups excluding carboxylic acids is 2. The van der Waals surface area contributed by atoms with E-state index in [1.165, 1.54) is 0 Å². The number of piperidine rings is 1. The maximum Gasteiger partial charge on any atom is 0.321 e. The summed E-state index contributed by atoms with van der Waals surface area (Å²) in [5.41, 5.74) is 2.82. The van der Waals surface area contributed by atoms with Gasteiger partial charge in [0.15, 0.2) is 0 Å². The lowest BCUT2D eigenvalue weighted by molar-refractivity contribution is -0.126. The van der Waals surface area contributed by atoms with Crippen LogP contribution in [0.3, 0.4) is 0 Å². The van der Waals surface area contributed by atoms with Gasteiger partial charge in [0.1, 0.15) is 12.4 Å². The predicted octanol–water partition coefficient (Wildman–Crippen LogP) is 4.12. The molecule has 6 heteroatoms. The molecule has 0 bridgehead atoms. The van der Waals surface area contributed by atoms with E-state index in [-0.39, 0.29) is 17.9 Å². The van der Waals surface area contributed by atoms with Gasteiger partial charge in [-0.3, -0.25) is 4.79 Å². The summed E-state index contributed by atoms with van der Waals surface area (Å²) in [7, 11) is 0. The number of amides is 3. The van der Waals surface area contributed by atoms with Crippen LogP contribution in [0.2, 0.25) is 0 Å². The molecule has 3 amide bonds. The van der Waals surface area contributed by atoms with Crippen molar-refractivity contribution in [3.63, 3.8) is 0 Å². The highest BCUT2D eigenvalue weighted by atomic mass is 16.5. The average molecular weight is 408 g/mol. The number of hydrogen-bond acceptors (Lipinski definition) is 3. The molecule has 3 rings (SSSR count). The molecule has 2 aromatic carbocycles. The van der Waals surface area contributed by atoms with Gasteiger partial charge >= 0.3 is 6.03 Å². The van der Waals surface area contributed by atoms with Crippen molar-refractivity contribution >= 4 is 17.6 Å². The van der Waals surface area contributed by atoms with Gasteiger partial charge in [0, 0.05) is 36.8 Å². The smallest absolute Gasteiger partial charge is 0.321 e. The van der Waals surface area contributed by atoms with E-state index in [0.717, 1.165) is 22.6 Å². The van der Waals surface area contributed by atoms with Crippen molar-refractivity contribution < 1.29 is 14.3 Å². The average Bonchev–Trinajstić information content (AvgIpc) is 2.76. The van der Waals surface area contributed by atoms with Crippen molar-refractivity contribution in [1.82, 2.24) is 10.2 Å². The van der Waals surface area contributed by atoms with E-state index < -0.39 is 0 Å². The zero-order valence-corrected chi connectivity index (χ0v) is 17.4. The summed E-state index contributed by atoms with van der Waals surface area (Å²) in [6.45, 7) is 7.62. The monoisotopic (exact) mass is 407 g/mol. The molecule has 0 unspecified atom stereocenters. The van der Waals surface area contributed by atoms with E-state index in [1.807, 2.05) is 55.5 Å². The predicted molar refractivity (Wildman–Crippen MR) is 118 cm³/mol. The fraction of sp³-hybridized carbons (Fsp3) is 0.333. The Labute approximate surface area is 177 Å². The molecule has 0 saturated carbocycles. The van der Waals surface area contributed by atoms with Crippen molar-refractivity contribution in [2.75, 3.05) is 25.0 Å². The SMILES string of the molecule is C=CCOc1ccccc1CNC(=O)C1CCN(C(=O)Nc2cccc(C)c2)CC1. The van der Waals surface area contributed by atoms with Crippen molar-refractivity contribution in [2.45, 2.75) is 26.3 Å². The Balaban J connectivity index is 1.46. The molecule has 0 atom stereocenters. The second kappa shape index (κ2) is 10.5. The van der Waals surface area contributed by atoms with Gasteiger partial charge in [-0.1, -0.05) is 43.0 Å². The molecule has 0 radical (unpaired) electrons. The molecule has 0 aromatic heterocycles. The zero-order valence-electron chi connectivity index (χ0n) is 17.4. The third-order valence-corrected chi connectivity index (χ3v) is 5.20. The number of carbonyl (C=O) groups is 2. The van der Waals surface area contributed by atoms with Gasteiger partial charge in [0.2, 0.25) is 5.91 Å². The number of ether oxygens (including phenoxy) is 1. The highest BCUT2D eigenvalue weighted by Gasteiger charge is 2.27. The molecule has 1 saturated heterocycles. The third-order valence-electron chi connectivity index (χ3n) is 5.20. The first-order valence-electron chi connectivity index (χ1n) is 10.3. The first kappa shape index (κ1) is 21.4. The zero-order chi connectivity index (χ0) is 21.3. The second-order valence-corrected chi connectivity index (χ2v) is 7.49. The number of nitrogens with one attached hydrogen (secondary N) is 2. The number of para-hydroxylation sites is 1. The summed E-state index contributed by atoms with van der Waals surface area (Å²) in [6.07, 6.45) is 3.00. The lowest BCUT2D eigenvalue weighted by Gasteiger charge is -2.31. The minimum absolute atomic E-state index is 0.0206. The Morgan fingerprint density at radius 3 is 2.67 bits per heavy atom. The van der Waals surface area contributed by atoms with Crippen LogP contribution in [0.1, 0.15) is 24.0 Å². The molecule has 1 fully saturated rings. The van der Waals surface area contributed by atoms with Gasteiger partial charge in [-0.2, -0.15) is 0 Å². The highest BCUT2D eigenvalue weighted by molar-refractivity contribution is 5.89. The van der Waals surface area contributed by atoms with Crippen LogP contribution >= 0.6 is 0 Å². The molecule has 1 aliphatic rings. The molecule has 1 aliphatic heterocycles. The number of hydrogen-bond donors (Lipinski definition) is 2. The Bertz CT molecular complexity index is 889. The number of rotatable bonds is 7. The molecule has 30 heavy (non-hydrogen) atoms. The molecule has 0 aliphatic carbocycles. The largest absolute Gasteiger partial charge is 0.489 e. The molecule has 0 spiro atoms. The maximum atomic E-state index is 12.6. The van der Waals surface area contributed by atoms with Gasteiger partial charge < -0.3 is 20.3 Å². The van der Waals surface area contributed by atoms with Crippen molar-refractivity contribution in [2.24, 2.45) is 5.92 Å². The second-order valence-electron chi connectivity index (χ2n) is 7.49. The Morgan fingerprint density at radius 2 is 1.93 bits per heavy atom. The molecule has 158 valence electrons. The topological polar surface area (TPSA) is 70.7 Å². The summed E-state index contributed by atoms with van der Waals surface area (Å²) >= 11 is 0. The lowest BCUT2D eigenvalue weighted by atomic mass is 9.96. The van der Waals surface area contributed by atoms with E-state index >= 15 is 0 Å². The normalized spacial score (nSPS) is 14.1. The summed E-state index contributed by atoms with van der Waals surface area (Å²) in [5.74, 6) is 0.682. The highest BCUT2D eigenvalue weighted by Crippen LogP contribution is 2.21. The van der Waals surface area contributed by atoms with E-state index in [2.05, 4.69) is 17.2 Å². The summed E-state index contributed by atoms with van der Waals surface area (Å²) in [5, 5.41) is 5.94. The van der Waals surface area contributed by atoms with Crippen LogP contribution in [0.25, 0.3) is 0 Å². The molecular formula is C24H29N3O3. The first-order valence-corrected chi connectivity index (χ1v) is 10.3.